The van der Waals surface area contributed by atoms with Crippen molar-refractivity contribution in [3.63, 3.8) is 0 Å². The molecule has 0 radical (unpaired) electrons. The van der Waals surface area contributed by atoms with E-state index in [1.807, 2.05) is 6.33 Å². The first-order chi connectivity index (χ1) is 6.83. The fourth-order valence-corrected chi connectivity index (χ4v) is 2.27. The Morgan fingerprint density at radius 2 is 2.43 bits per heavy atom. The van der Waals surface area contributed by atoms with Crippen LogP contribution in [0.2, 0.25) is 0 Å². The minimum atomic E-state index is 0.681. The zero-order chi connectivity index (χ0) is 9.97. The van der Waals surface area contributed by atoms with E-state index in [0.29, 0.717) is 12.0 Å². The highest BCUT2D eigenvalue weighted by Gasteiger charge is 2.25. The molecule has 3 heteroatoms. The molecule has 1 heterocycles. The second kappa shape index (κ2) is 4.13. The molecule has 0 bridgehead atoms. The van der Waals surface area contributed by atoms with E-state index in [1.54, 1.807) is 0 Å². The van der Waals surface area contributed by atoms with Crippen molar-refractivity contribution in [2.45, 2.75) is 44.7 Å². The number of imidazole rings is 1. The van der Waals surface area contributed by atoms with E-state index < -0.39 is 0 Å². The summed E-state index contributed by atoms with van der Waals surface area (Å²) in [6.45, 7) is 3.17. The second-order valence-electron chi connectivity index (χ2n) is 4.12. The van der Waals surface area contributed by atoms with Gasteiger partial charge in [-0.3, -0.25) is 0 Å². The molecule has 2 unspecified atom stereocenters. The summed E-state index contributed by atoms with van der Waals surface area (Å²) in [6.07, 6.45) is 7.97. The molecule has 0 amide bonds. The molecular formula is C11H19N3. The summed E-state index contributed by atoms with van der Waals surface area (Å²) in [7, 11) is 2.05. The summed E-state index contributed by atoms with van der Waals surface area (Å²) in [5, 5.41) is 3.35. The van der Waals surface area contributed by atoms with Crippen LogP contribution in [-0.4, -0.2) is 22.6 Å². The molecule has 2 atom stereocenters. The third-order valence-corrected chi connectivity index (χ3v) is 3.28. The van der Waals surface area contributed by atoms with Crippen LogP contribution in [0.4, 0.5) is 0 Å². The number of hydrogen-bond donors (Lipinski definition) is 1. The Kier molecular flexibility index (Phi) is 2.87. The maximum absolute atomic E-state index is 4.47. The minimum Gasteiger partial charge on any atom is -0.337 e. The SMILES string of the molecule is CCn1cnc(C2CCC(NC)C2)c1. The first-order valence-electron chi connectivity index (χ1n) is 5.52. The molecule has 1 aromatic rings. The molecule has 2 rings (SSSR count). The molecule has 1 fully saturated rings. The summed E-state index contributed by atoms with van der Waals surface area (Å²) in [5.41, 5.74) is 1.28. The summed E-state index contributed by atoms with van der Waals surface area (Å²) in [5.74, 6) is 0.681. The van der Waals surface area contributed by atoms with Crippen molar-refractivity contribution in [1.29, 1.82) is 0 Å². The van der Waals surface area contributed by atoms with Gasteiger partial charge in [0.1, 0.15) is 0 Å². The molecule has 78 valence electrons. The van der Waals surface area contributed by atoms with Gasteiger partial charge in [0.2, 0.25) is 0 Å². The Hall–Kier alpha value is -0.830. The lowest BCUT2D eigenvalue weighted by Gasteiger charge is -2.07. The van der Waals surface area contributed by atoms with Crippen LogP contribution in [0.3, 0.4) is 0 Å². The number of aromatic nitrogens is 2. The lowest BCUT2D eigenvalue weighted by Crippen LogP contribution is -2.21. The Bertz CT molecular complexity index is 292. The van der Waals surface area contributed by atoms with Gasteiger partial charge < -0.3 is 9.88 Å². The van der Waals surface area contributed by atoms with Crippen molar-refractivity contribution in [3.05, 3.63) is 18.2 Å². The number of rotatable bonds is 3. The van der Waals surface area contributed by atoms with E-state index in [0.717, 1.165) is 6.54 Å². The van der Waals surface area contributed by atoms with E-state index >= 15 is 0 Å². The quantitative estimate of drug-likeness (QED) is 0.792. The van der Waals surface area contributed by atoms with E-state index in [9.17, 15) is 0 Å². The van der Waals surface area contributed by atoms with Gasteiger partial charge in [0.25, 0.3) is 0 Å². The monoisotopic (exact) mass is 193 g/mol. The van der Waals surface area contributed by atoms with Crippen LogP contribution in [0, 0.1) is 0 Å². The Labute approximate surface area is 85.5 Å². The highest BCUT2D eigenvalue weighted by atomic mass is 15.0. The number of nitrogens with zero attached hydrogens (tertiary/aromatic N) is 2. The molecule has 1 aromatic heterocycles. The zero-order valence-electron chi connectivity index (χ0n) is 9.03. The summed E-state index contributed by atoms with van der Waals surface area (Å²) < 4.78 is 2.15. The van der Waals surface area contributed by atoms with Crippen LogP contribution in [-0.2, 0) is 6.54 Å². The second-order valence-corrected chi connectivity index (χ2v) is 4.12. The minimum absolute atomic E-state index is 0.681. The van der Waals surface area contributed by atoms with Gasteiger partial charge in [0.15, 0.2) is 0 Å². The van der Waals surface area contributed by atoms with Crippen LogP contribution >= 0.6 is 0 Å². The van der Waals surface area contributed by atoms with Gasteiger partial charge in [-0.25, -0.2) is 4.98 Å². The molecule has 3 nitrogen and oxygen atoms in total. The molecule has 0 aliphatic heterocycles. The Morgan fingerprint density at radius 3 is 3.00 bits per heavy atom. The number of hydrogen-bond acceptors (Lipinski definition) is 2. The average Bonchev–Trinajstić information content (AvgIpc) is 2.86. The third kappa shape index (κ3) is 1.82. The molecule has 0 saturated heterocycles. The summed E-state index contributed by atoms with van der Waals surface area (Å²) in [4.78, 5) is 4.47. The fraction of sp³-hybridized carbons (Fsp3) is 0.727. The smallest absolute Gasteiger partial charge is 0.0949 e. The van der Waals surface area contributed by atoms with Gasteiger partial charge >= 0.3 is 0 Å². The van der Waals surface area contributed by atoms with E-state index in [2.05, 4.69) is 35.0 Å². The molecule has 1 N–H and O–H groups in total. The van der Waals surface area contributed by atoms with Gasteiger partial charge in [0.05, 0.1) is 12.0 Å². The largest absolute Gasteiger partial charge is 0.337 e. The Balaban J connectivity index is 2.02. The zero-order valence-corrected chi connectivity index (χ0v) is 9.03. The van der Waals surface area contributed by atoms with Gasteiger partial charge in [-0.1, -0.05) is 0 Å². The Morgan fingerprint density at radius 1 is 1.57 bits per heavy atom. The number of nitrogens with one attached hydrogen (secondary N) is 1. The molecule has 1 aliphatic carbocycles. The number of aryl methyl sites for hydroxylation is 1. The average molecular weight is 193 g/mol. The highest BCUT2D eigenvalue weighted by molar-refractivity contribution is 5.08. The van der Waals surface area contributed by atoms with E-state index in [-0.39, 0.29) is 0 Å². The normalized spacial score (nSPS) is 27.0. The van der Waals surface area contributed by atoms with Gasteiger partial charge in [0, 0.05) is 24.7 Å². The summed E-state index contributed by atoms with van der Waals surface area (Å²) in [6, 6.07) is 0.701. The highest BCUT2D eigenvalue weighted by Crippen LogP contribution is 2.33. The van der Waals surface area contributed by atoms with Crippen LogP contribution in [0.15, 0.2) is 12.5 Å². The predicted octanol–water partition coefficient (Wildman–Crippen LogP) is 1.76. The van der Waals surface area contributed by atoms with E-state index in [1.165, 1.54) is 25.0 Å². The molecule has 0 aromatic carbocycles. The van der Waals surface area contributed by atoms with Gasteiger partial charge in [-0.05, 0) is 33.2 Å². The summed E-state index contributed by atoms with van der Waals surface area (Å²) >= 11 is 0. The third-order valence-electron chi connectivity index (χ3n) is 3.28. The lowest BCUT2D eigenvalue weighted by atomic mass is 10.1. The van der Waals surface area contributed by atoms with Crippen LogP contribution < -0.4 is 5.32 Å². The van der Waals surface area contributed by atoms with Crippen LogP contribution in [0.5, 0.6) is 0 Å². The maximum Gasteiger partial charge on any atom is 0.0949 e. The molecule has 1 aliphatic rings. The first-order valence-corrected chi connectivity index (χ1v) is 5.52. The molecular weight excluding hydrogens is 174 g/mol. The molecule has 14 heavy (non-hydrogen) atoms. The van der Waals surface area contributed by atoms with E-state index in [4.69, 9.17) is 0 Å². The van der Waals surface area contributed by atoms with Crippen molar-refractivity contribution < 1.29 is 0 Å². The van der Waals surface area contributed by atoms with Gasteiger partial charge in [-0.2, -0.15) is 0 Å². The van der Waals surface area contributed by atoms with Crippen molar-refractivity contribution in [2.75, 3.05) is 7.05 Å². The van der Waals surface area contributed by atoms with Crippen LogP contribution in [0.25, 0.3) is 0 Å². The maximum atomic E-state index is 4.47. The van der Waals surface area contributed by atoms with Crippen molar-refractivity contribution in [3.8, 4) is 0 Å². The van der Waals surface area contributed by atoms with Crippen molar-refractivity contribution >= 4 is 0 Å². The van der Waals surface area contributed by atoms with Crippen molar-refractivity contribution in [2.24, 2.45) is 0 Å². The standard InChI is InChI=1S/C11H19N3/c1-3-14-7-11(13-8-14)9-4-5-10(6-9)12-2/h7-10,12H,3-6H2,1-2H3. The van der Waals surface area contributed by atoms with Crippen molar-refractivity contribution in [1.82, 2.24) is 14.9 Å². The first kappa shape index (κ1) is 9.71. The van der Waals surface area contributed by atoms with Gasteiger partial charge in [-0.15, -0.1) is 0 Å². The lowest BCUT2D eigenvalue weighted by molar-refractivity contribution is 0.569. The molecule has 0 spiro atoms. The fourth-order valence-electron chi connectivity index (χ4n) is 2.27. The van der Waals surface area contributed by atoms with Crippen LogP contribution in [0.1, 0.15) is 37.8 Å². The topological polar surface area (TPSA) is 29.9 Å². The molecule has 1 saturated carbocycles. The predicted molar refractivity (Wildman–Crippen MR) is 57.3 cm³/mol.